The number of likely N-dealkylation sites (N-methyl/N-ethyl adjacent to an activating group) is 1. The van der Waals surface area contributed by atoms with Crippen LogP contribution < -0.4 is 5.32 Å². The molecule has 0 aromatic heterocycles. The van der Waals surface area contributed by atoms with Gasteiger partial charge in [-0.05, 0) is 20.0 Å². The number of thiol groups is 2. The molecule has 0 saturated carbocycles. The van der Waals surface area contributed by atoms with Gasteiger partial charge in [-0.2, -0.15) is 25.3 Å². The molecule has 22 heavy (non-hydrogen) atoms. The van der Waals surface area contributed by atoms with Crippen molar-refractivity contribution in [3.8, 4) is 0 Å². The summed E-state index contributed by atoms with van der Waals surface area (Å²) in [6.45, 7) is 13.4. The minimum atomic E-state index is -0.330. The molecule has 1 unspecified atom stereocenters. The summed E-state index contributed by atoms with van der Waals surface area (Å²) in [7, 11) is 0. The molecule has 0 rings (SSSR count). The zero-order chi connectivity index (χ0) is 16.8. The molecular weight excluding hydrogens is 318 g/mol. The summed E-state index contributed by atoms with van der Waals surface area (Å²) >= 11 is 8.54. The van der Waals surface area contributed by atoms with Gasteiger partial charge in [0.25, 0.3) is 0 Å². The second kappa shape index (κ2) is 14.6. The molecule has 5 nitrogen and oxygen atoms in total. The fraction of sp³-hybridized carbons (Fsp3) is 0.933. The molecule has 0 saturated heterocycles. The van der Waals surface area contributed by atoms with Crippen molar-refractivity contribution in [1.82, 2.24) is 15.1 Å². The van der Waals surface area contributed by atoms with Crippen molar-refractivity contribution in [3.63, 3.8) is 0 Å². The highest BCUT2D eigenvalue weighted by Gasteiger charge is 2.17. The van der Waals surface area contributed by atoms with Crippen molar-refractivity contribution in [2.24, 2.45) is 0 Å². The quantitative estimate of drug-likeness (QED) is 0.322. The van der Waals surface area contributed by atoms with Crippen molar-refractivity contribution in [2.75, 3.05) is 63.9 Å². The van der Waals surface area contributed by atoms with Gasteiger partial charge in [0.2, 0.25) is 0 Å². The summed E-state index contributed by atoms with van der Waals surface area (Å²) in [5, 5.41) is 3.23. The largest absolute Gasteiger partial charge is 0.465 e. The first kappa shape index (κ1) is 22.1. The first-order valence-electron chi connectivity index (χ1n) is 8.19. The van der Waals surface area contributed by atoms with Gasteiger partial charge in [-0.3, -0.25) is 9.69 Å². The van der Waals surface area contributed by atoms with Gasteiger partial charge in [0, 0.05) is 44.2 Å². The fourth-order valence-electron chi connectivity index (χ4n) is 2.16. The van der Waals surface area contributed by atoms with Crippen LogP contribution in [0, 0.1) is 0 Å². The van der Waals surface area contributed by atoms with E-state index in [4.69, 9.17) is 4.74 Å². The summed E-state index contributed by atoms with van der Waals surface area (Å²) in [5.41, 5.74) is 0. The Bertz CT molecular complexity index is 280. The van der Waals surface area contributed by atoms with E-state index in [0.29, 0.717) is 12.4 Å². The molecular formula is C15H33N3O2S2. The molecule has 0 amide bonds. The van der Waals surface area contributed by atoms with E-state index in [1.807, 2.05) is 6.92 Å². The van der Waals surface area contributed by atoms with Gasteiger partial charge >= 0.3 is 5.97 Å². The maximum Gasteiger partial charge on any atom is 0.323 e. The zero-order valence-corrected chi connectivity index (χ0v) is 16.0. The fourth-order valence-corrected chi connectivity index (χ4v) is 2.72. The maximum atomic E-state index is 11.7. The lowest BCUT2D eigenvalue weighted by molar-refractivity contribution is -0.145. The van der Waals surface area contributed by atoms with Crippen LogP contribution in [0.3, 0.4) is 0 Å². The first-order valence-corrected chi connectivity index (χ1v) is 9.45. The van der Waals surface area contributed by atoms with Gasteiger partial charge in [0.15, 0.2) is 0 Å². The maximum absolute atomic E-state index is 11.7. The molecule has 0 aliphatic carbocycles. The number of esters is 1. The zero-order valence-electron chi connectivity index (χ0n) is 14.3. The standard InChI is InChI=1S/C15H33N3O2S2/c1-4-17(5-2)9-10-18(11-12-21)8-7-16-14(13-22)15(19)20-6-3/h14,16,21-22H,4-13H2,1-3H3. The third kappa shape index (κ3) is 9.94. The Morgan fingerprint density at radius 2 is 1.68 bits per heavy atom. The Kier molecular flexibility index (Phi) is 14.7. The molecule has 0 bridgehead atoms. The van der Waals surface area contributed by atoms with Crippen LogP contribution in [0.1, 0.15) is 20.8 Å². The van der Waals surface area contributed by atoms with Crippen LogP contribution in [0.25, 0.3) is 0 Å². The van der Waals surface area contributed by atoms with Gasteiger partial charge < -0.3 is 15.0 Å². The lowest BCUT2D eigenvalue weighted by atomic mass is 10.3. The first-order chi connectivity index (χ1) is 10.6. The van der Waals surface area contributed by atoms with Crippen LogP contribution in [0.15, 0.2) is 0 Å². The predicted octanol–water partition coefficient (Wildman–Crippen LogP) is 1.01. The average Bonchev–Trinajstić information content (AvgIpc) is 2.52. The predicted molar refractivity (Wildman–Crippen MR) is 100 cm³/mol. The Hall–Kier alpha value is 0.0500. The van der Waals surface area contributed by atoms with Gasteiger partial charge in [-0.1, -0.05) is 13.8 Å². The second-order valence-corrected chi connectivity index (χ2v) is 5.85. The molecule has 132 valence electrons. The van der Waals surface area contributed by atoms with E-state index in [1.165, 1.54) is 0 Å². The molecule has 0 aromatic rings. The highest BCUT2D eigenvalue weighted by atomic mass is 32.1. The van der Waals surface area contributed by atoms with E-state index in [0.717, 1.165) is 51.6 Å². The lowest BCUT2D eigenvalue weighted by Gasteiger charge is -2.26. The third-order valence-electron chi connectivity index (χ3n) is 3.62. The van der Waals surface area contributed by atoms with Crippen LogP contribution in [0.5, 0.6) is 0 Å². The Balaban J connectivity index is 4.14. The van der Waals surface area contributed by atoms with Gasteiger partial charge in [0.05, 0.1) is 6.61 Å². The van der Waals surface area contributed by atoms with Crippen LogP contribution >= 0.6 is 25.3 Å². The number of hydrogen-bond donors (Lipinski definition) is 3. The normalized spacial score (nSPS) is 12.9. The SMILES string of the molecule is CCOC(=O)C(CS)NCCN(CCS)CCN(CC)CC. The van der Waals surface area contributed by atoms with Crippen molar-refractivity contribution in [1.29, 1.82) is 0 Å². The number of nitrogens with one attached hydrogen (secondary N) is 1. The molecule has 0 aliphatic heterocycles. The van der Waals surface area contributed by atoms with Crippen molar-refractivity contribution in [2.45, 2.75) is 26.8 Å². The number of rotatable bonds is 14. The third-order valence-corrected chi connectivity index (χ3v) is 4.18. The van der Waals surface area contributed by atoms with E-state index < -0.39 is 0 Å². The number of ether oxygens (including phenoxy) is 1. The molecule has 1 N–H and O–H groups in total. The molecule has 0 aliphatic rings. The molecule has 0 heterocycles. The number of nitrogens with zero attached hydrogens (tertiary/aromatic N) is 2. The van der Waals surface area contributed by atoms with Crippen molar-refractivity contribution >= 4 is 31.2 Å². The number of hydrogen-bond acceptors (Lipinski definition) is 7. The summed E-state index contributed by atoms with van der Waals surface area (Å²) in [5.74, 6) is 1.07. The summed E-state index contributed by atoms with van der Waals surface area (Å²) in [6, 6.07) is -0.330. The van der Waals surface area contributed by atoms with E-state index in [9.17, 15) is 4.79 Å². The van der Waals surface area contributed by atoms with E-state index >= 15 is 0 Å². The van der Waals surface area contributed by atoms with E-state index in [1.54, 1.807) is 0 Å². The smallest absolute Gasteiger partial charge is 0.323 e. The second-order valence-electron chi connectivity index (χ2n) is 5.03. The molecule has 0 spiro atoms. The van der Waals surface area contributed by atoms with Crippen LogP contribution in [-0.4, -0.2) is 85.7 Å². The Morgan fingerprint density at radius 1 is 1.05 bits per heavy atom. The van der Waals surface area contributed by atoms with Crippen molar-refractivity contribution < 1.29 is 9.53 Å². The van der Waals surface area contributed by atoms with Crippen LogP contribution in [0.4, 0.5) is 0 Å². The highest BCUT2D eigenvalue weighted by molar-refractivity contribution is 7.80. The lowest BCUT2D eigenvalue weighted by Crippen LogP contribution is -2.45. The number of carbonyl (C=O) groups is 1. The van der Waals surface area contributed by atoms with Crippen molar-refractivity contribution in [3.05, 3.63) is 0 Å². The minimum Gasteiger partial charge on any atom is -0.465 e. The molecule has 0 fully saturated rings. The highest BCUT2D eigenvalue weighted by Crippen LogP contribution is 1.96. The van der Waals surface area contributed by atoms with Gasteiger partial charge in [0.1, 0.15) is 6.04 Å². The molecule has 0 radical (unpaired) electrons. The van der Waals surface area contributed by atoms with Gasteiger partial charge in [-0.25, -0.2) is 0 Å². The minimum absolute atomic E-state index is 0.221. The van der Waals surface area contributed by atoms with E-state index in [-0.39, 0.29) is 12.0 Å². The topological polar surface area (TPSA) is 44.8 Å². The van der Waals surface area contributed by atoms with Crippen LogP contribution in [0.2, 0.25) is 0 Å². The van der Waals surface area contributed by atoms with E-state index in [2.05, 4.69) is 54.2 Å². The average molecular weight is 352 g/mol. The summed E-state index contributed by atoms with van der Waals surface area (Å²) in [6.07, 6.45) is 0. The van der Waals surface area contributed by atoms with Gasteiger partial charge in [-0.15, -0.1) is 0 Å². The number of carbonyl (C=O) groups excluding carboxylic acids is 1. The molecule has 0 aromatic carbocycles. The summed E-state index contributed by atoms with van der Waals surface area (Å²) < 4.78 is 5.03. The Morgan fingerprint density at radius 3 is 2.18 bits per heavy atom. The molecule has 7 heteroatoms. The summed E-state index contributed by atoms with van der Waals surface area (Å²) in [4.78, 5) is 16.5. The Labute approximate surface area is 147 Å². The molecule has 1 atom stereocenters. The monoisotopic (exact) mass is 351 g/mol. The van der Waals surface area contributed by atoms with Crippen LogP contribution in [-0.2, 0) is 9.53 Å².